The van der Waals surface area contributed by atoms with Crippen molar-refractivity contribution in [3.63, 3.8) is 0 Å². The van der Waals surface area contributed by atoms with E-state index in [9.17, 15) is 9.59 Å². The molecule has 22 heavy (non-hydrogen) atoms. The van der Waals surface area contributed by atoms with E-state index in [4.69, 9.17) is 9.47 Å². The van der Waals surface area contributed by atoms with Gasteiger partial charge < -0.3 is 18.4 Å². The molecule has 1 aliphatic rings. The molecule has 1 fully saturated rings. The normalized spacial score (nSPS) is 27.7. The zero-order chi connectivity index (χ0) is 16.6. The number of esters is 2. The van der Waals surface area contributed by atoms with Crippen molar-refractivity contribution in [3.8, 4) is 0 Å². The van der Waals surface area contributed by atoms with Crippen LogP contribution in [0.3, 0.4) is 0 Å². The minimum Gasteiger partial charge on any atom is -0.465 e. The third-order valence-electron chi connectivity index (χ3n) is 4.51. The maximum atomic E-state index is 11.7. The van der Waals surface area contributed by atoms with Gasteiger partial charge in [-0.25, -0.2) is 9.59 Å². The lowest BCUT2D eigenvalue weighted by Gasteiger charge is -2.48. The number of hydrogen-bond acceptors (Lipinski definition) is 4. The van der Waals surface area contributed by atoms with E-state index in [1.54, 1.807) is 0 Å². The zero-order valence-electron chi connectivity index (χ0n) is 13.8. The predicted octanol–water partition coefficient (Wildman–Crippen LogP) is 0.352. The summed E-state index contributed by atoms with van der Waals surface area (Å²) in [7, 11) is 2.82. The van der Waals surface area contributed by atoms with Crippen LogP contribution >= 0.6 is 0 Å². The van der Waals surface area contributed by atoms with E-state index in [1.165, 1.54) is 14.2 Å². The summed E-state index contributed by atoms with van der Waals surface area (Å²) in [6, 6.07) is 0. The fraction of sp³-hybridized carbons (Fsp3) is 0.625. The molecular weight excluding hydrogens is 284 g/mol. The Morgan fingerprint density at radius 3 is 1.41 bits per heavy atom. The summed E-state index contributed by atoms with van der Waals surface area (Å²) in [6.07, 6.45) is 3.69. The highest BCUT2D eigenvalue weighted by atomic mass is 16.5. The van der Waals surface area contributed by atoms with E-state index in [1.807, 2.05) is 12.2 Å². The van der Waals surface area contributed by atoms with Gasteiger partial charge in [-0.1, -0.05) is 13.2 Å². The van der Waals surface area contributed by atoms with Crippen LogP contribution in [0.2, 0.25) is 0 Å². The van der Waals surface area contributed by atoms with Gasteiger partial charge in [0.15, 0.2) is 13.1 Å². The summed E-state index contributed by atoms with van der Waals surface area (Å²) >= 11 is 0. The first-order valence-corrected chi connectivity index (χ1v) is 7.50. The van der Waals surface area contributed by atoms with Crippen molar-refractivity contribution in [2.75, 3.05) is 66.6 Å². The van der Waals surface area contributed by atoms with Crippen molar-refractivity contribution in [1.29, 1.82) is 0 Å². The number of carbonyl (C=O) groups is 2. The van der Waals surface area contributed by atoms with Gasteiger partial charge in [-0.05, 0) is 12.2 Å². The Morgan fingerprint density at radius 1 is 0.864 bits per heavy atom. The molecule has 1 rings (SSSR count). The second kappa shape index (κ2) is 8.10. The molecule has 0 aliphatic carbocycles. The molecule has 0 aromatic carbocycles. The quantitative estimate of drug-likeness (QED) is 0.369. The van der Waals surface area contributed by atoms with E-state index in [-0.39, 0.29) is 11.9 Å². The summed E-state index contributed by atoms with van der Waals surface area (Å²) in [5.41, 5.74) is 0. The molecule has 124 valence electrons. The summed E-state index contributed by atoms with van der Waals surface area (Å²) in [4.78, 5) is 23.4. The maximum Gasteiger partial charge on any atom is 0.361 e. The van der Waals surface area contributed by atoms with E-state index >= 15 is 0 Å². The number of quaternary nitrogens is 2. The summed E-state index contributed by atoms with van der Waals surface area (Å²) < 4.78 is 10.9. The number of piperazine rings is 1. The standard InChI is InChI=1S/C16H28N2O4/c1-5-7-17(13-15(19)21-3)9-11-18(8-6-2,12-10-17)14-16(20)22-4/h5-6H,1-2,7-14H2,3-4H3/q+2. The second-order valence-corrected chi connectivity index (χ2v) is 5.99. The number of ether oxygens (including phenoxy) is 2. The van der Waals surface area contributed by atoms with Crippen LogP contribution in [-0.2, 0) is 19.1 Å². The predicted molar refractivity (Wildman–Crippen MR) is 83.9 cm³/mol. The van der Waals surface area contributed by atoms with Crippen molar-refractivity contribution < 1.29 is 28.0 Å². The van der Waals surface area contributed by atoms with Crippen molar-refractivity contribution in [2.45, 2.75) is 0 Å². The summed E-state index contributed by atoms with van der Waals surface area (Å²) in [5.74, 6) is -0.419. The van der Waals surface area contributed by atoms with Crippen molar-refractivity contribution in [1.82, 2.24) is 0 Å². The van der Waals surface area contributed by atoms with Crippen LogP contribution < -0.4 is 0 Å². The van der Waals surface area contributed by atoms with E-state index in [0.29, 0.717) is 22.1 Å². The molecule has 0 spiro atoms. The molecule has 0 unspecified atom stereocenters. The van der Waals surface area contributed by atoms with Gasteiger partial charge >= 0.3 is 11.9 Å². The molecule has 0 radical (unpaired) electrons. The molecular formula is C16H28N2O4+2. The Kier molecular flexibility index (Phi) is 6.77. The third kappa shape index (κ3) is 4.68. The van der Waals surface area contributed by atoms with Crippen LogP contribution in [0.25, 0.3) is 0 Å². The number of rotatable bonds is 8. The fourth-order valence-electron chi connectivity index (χ4n) is 3.11. The van der Waals surface area contributed by atoms with Gasteiger partial charge in [0.05, 0.1) is 27.3 Å². The van der Waals surface area contributed by atoms with E-state index in [0.717, 1.165) is 39.3 Å². The van der Waals surface area contributed by atoms with Crippen LogP contribution in [0.4, 0.5) is 0 Å². The van der Waals surface area contributed by atoms with E-state index in [2.05, 4.69) is 13.2 Å². The fourth-order valence-corrected chi connectivity index (χ4v) is 3.11. The first-order valence-electron chi connectivity index (χ1n) is 7.50. The monoisotopic (exact) mass is 312 g/mol. The SMILES string of the molecule is C=CC[N+]1(CC(=O)OC)CC[N+](CC=C)(CC(=O)OC)CC1. The molecule has 6 heteroatoms. The van der Waals surface area contributed by atoms with Crippen LogP contribution in [0.15, 0.2) is 25.3 Å². The van der Waals surface area contributed by atoms with Crippen molar-refractivity contribution in [2.24, 2.45) is 0 Å². The molecule has 0 saturated carbocycles. The van der Waals surface area contributed by atoms with Gasteiger partial charge in [0, 0.05) is 0 Å². The average molecular weight is 312 g/mol. The molecule has 0 amide bonds. The highest BCUT2D eigenvalue weighted by Gasteiger charge is 2.43. The largest absolute Gasteiger partial charge is 0.465 e. The Morgan fingerprint density at radius 2 is 1.18 bits per heavy atom. The smallest absolute Gasteiger partial charge is 0.361 e. The lowest BCUT2D eigenvalue weighted by atomic mass is 10.1. The molecule has 1 aliphatic heterocycles. The summed E-state index contributed by atoms with van der Waals surface area (Å²) in [5, 5.41) is 0. The average Bonchev–Trinajstić information content (AvgIpc) is 2.51. The highest BCUT2D eigenvalue weighted by molar-refractivity contribution is 5.70. The topological polar surface area (TPSA) is 52.6 Å². The number of carbonyl (C=O) groups excluding carboxylic acids is 2. The van der Waals surface area contributed by atoms with Gasteiger partial charge in [-0.15, -0.1) is 0 Å². The molecule has 6 nitrogen and oxygen atoms in total. The third-order valence-corrected chi connectivity index (χ3v) is 4.51. The molecule has 1 saturated heterocycles. The van der Waals surface area contributed by atoms with Gasteiger partial charge in [0.2, 0.25) is 0 Å². The lowest BCUT2D eigenvalue weighted by Crippen LogP contribution is -2.68. The second-order valence-electron chi connectivity index (χ2n) is 5.99. The molecule has 0 bridgehead atoms. The number of hydrogen-bond donors (Lipinski definition) is 0. The van der Waals surface area contributed by atoms with E-state index < -0.39 is 0 Å². The van der Waals surface area contributed by atoms with Crippen molar-refractivity contribution in [3.05, 3.63) is 25.3 Å². The van der Waals surface area contributed by atoms with Gasteiger partial charge in [0.1, 0.15) is 26.2 Å². The first-order chi connectivity index (χ1) is 10.4. The Labute approximate surface area is 132 Å². The van der Waals surface area contributed by atoms with Crippen molar-refractivity contribution >= 4 is 11.9 Å². The Balaban J connectivity index is 2.84. The lowest BCUT2D eigenvalue weighted by molar-refractivity contribution is -1.02. The first kappa shape index (κ1) is 18.4. The Bertz CT molecular complexity index is 386. The zero-order valence-corrected chi connectivity index (χ0v) is 13.8. The Hall–Kier alpha value is -1.66. The minimum atomic E-state index is -0.210. The van der Waals surface area contributed by atoms with Gasteiger partial charge in [0.25, 0.3) is 0 Å². The molecule has 0 atom stereocenters. The molecule has 1 heterocycles. The van der Waals surface area contributed by atoms with Crippen LogP contribution in [0.5, 0.6) is 0 Å². The molecule has 0 aromatic heterocycles. The highest BCUT2D eigenvalue weighted by Crippen LogP contribution is 2.20. The van der Waals surface area contributed by atoms with Crippen LogP contribution in [-0.4, -0.2) is 87.5 Å². The molecule has 0 aromatic rings. The minimum absolute atomic E-state index is 0.210. The van der Waals surface area contributed by atoms with Gasteiger partial charge in [-0.2, -0.15) is 0 Å². The molecule has 0 N–H and O–H groups in total. The number of methoxy groups -OCH3 is 2. The maximum absolute atomic E-state index is 11.7. The van der Waals surface area contributed by atoms with Gasteiger partial charge in [-0.3, -0.25) is 0 Å². The number of nitrogens with zero attached hydrogens (tertiary/aromatic N) is 2. The summed E-state index contributed by atoms with van der Waals surface area (Å²) in [6.45, 7) is 12.9. The van der Waals surface area contributed by atoms with Crippen LogP contribution in [0, 0.1) is 0 Å². The van der Waals surface area contributed by atoms with Crippen LogP contribution in [0.1, 0.15) is 0 Å².